The van der Waals surface area contributed by atoms with E-state index in [1.54, 1.807) is 0 Å². The molecule has 0 saturated carbocycles. The number of benzene rings is 8. The van der Waals surface area contributed by atoms with Crippen LogP contribution in [0.3, 0.4) is 0 Å². The number of fused-ring (bicyclic) bond motifs is 6. The summed E-state index contributed by atoms with van der Waals surface area (Å²) >= 11 is 0. The van der Waals surface area contributed by atoms with Crippen molar-refractivity contribution in [3.05, 3.63) is 175 Å². The zero-order chi connectivity index (χ0) is 36.5. The van der Waals surface area contributed by atoms with E-state index in [9.17, 15) is 0 Å². The van der Waals surface area contributed by atoms with Crippen molar-refractivity contribution in [2.45, 2.75) is 52.4 Å². The smallest absolute Gasteiger partial charge is 0.0468 e. The molecule has 0 spiro atoms. The van der Waals surface area contributed by atoms with Crippen LogP contribution in [0.4, 0.5) is 17.1 Å². The largest absolute Gasteiger partial charge is 0.310 e. The molecule has 0 aliphatic heterocycles. The maximum Gasteiger partial charge on any atom is 0.0468 e. The van der Waals surface area contributed by atoms with E-state index in [2.05, 4.69) is 210 Å². The van der Waals surface area contributed by atoms with Gasteiger partial charge in [-0.05, 0) is 137 Å². The van der Waals surface area contributed by atoms with Gasteiger partial charge in [0.15, 0.2) is 0 Å². The quantitative estimate of drug-likeness (QED) is 0.175. The predicted octanol–water partition coefficient (Wildman–Crippen LogP) is 15.0. The molecule has 258 valence electrons. The molecule has 0 radical (unpaired) electrons. The van der Waals surface area contributed by atoms with Gasteiger partial charge in [0.1, 0.15) is 0 Å². The average molecular weight is 684 g/mol. The Hall–Kier alpha value is -5.92. The van der Waals surface area contributed by atoms with Gasteiger partial charge in [0.2, 0.25) is 0 Å². The minimum atomic E-state index is 0.0350. The van der Waals surface area contributed by atoms with E-state index >= 15 is 0 Å². The van der Waals surface area contributed by atoms with Gasteiger partial charge in [-0.2, -0.15) is 0 Å². The van der Waals surface area contributed by atoms with Crippen LogP contribution in [0.5, 0.6) is 0 Å². The summed E-state index contributed by atoms with van der Waals surface area (Å²) in [6.45, 7) is 13.7. The minimum absolute atomic E-state index is 0.0350. The highest BCUT2D eigenvalue weighted by molar-refractivity contribution is 6.26. The van der Waals surface area contributed by atoms with Crippen LogP contribution in [-0.4, -0.2) is 0 Å². The molecule has 0 fully saturated rings. The minimum Gasteiger partial charge on any atom is -0.310 e. The molecule has 8 aromatic rings. The Morgan fingerprint density at radius 3 is 1.25 bits per heavy atom. The lowest BCUT2D eigenvalue weighted by molar-refractivity contribution is 0.590. The fourth-order valence-corrected chi connectivity index (χ4v) is 8.23. The first-order valence-electron chi connectivity index (χ1n) is 18.9. The average Bonchev–Trinajstić information content (AvgIpc) is 3.16. The van der Waals surface area contributed by atoms with Gasteiger partial charge in [-0.1, -0.05) is 157 Å². The van der Waals surface area contributed by atoms with Crippen molar-refractivity contribution in [1.82, 2.24) is 0 Å². The Kier molecular flexibility index (Phi) is 7.68. The van der Waals surface area contributed by atoms with Crippen LogP contribution in [-0.2, 0) is 10.8 Å². The van der Waals surface area contributed by atoms with Crippen LogP contribution in [0.1, 0.15) is 52.7 Å². The summed E-state index contributed by atoms with van der Waals surface area (Å²) in [5, 5.41) is 5.07. The van der Waals surface area contributed by atoms with E-state index in [1.807, 2.05) is 0 Å². The summed E-state index contributed by atoms with van der Waals surface area (Å²) in [4.78, 5) is 2.44. The molecule has 1 aliphatic carbocycles. The predicted molar refractivity (Wildman–Crippen MR) is 229 cm³/mol. The van der Waals surface area contributed by atoms with Crippen molar-refractivity contribution in [2.24, 2.45) is 0 Å². The number of anilines is 3. The highest BCUT2D eigenvalue weighted by Gasteiger charge is 2.33. The summed E-state index contributed by atoms with van der Waals surface area (Å²) < 4.78 is 0. The molecule has 0 saturated heterocycles. The van der Waals surface area contributed by atoms with E-state index in [-0.39, 0.29) is 10.8 Å². The molecule has 0 amide bonds. The first kappa shape index (κ1) is 33.0. The van der Waals surface area contributed by atoms with Crippen molar-refractivity contribution >= 4 is 38.6 Å². The SMILES string of the molecule is CC(C)(C)c1cccc(N(c2cccc(C(C)(C)C)c2)c2ccc3cc4c(cc3c2)-c2c-4c(-c3ccccc3)c3ccccc3c2-c2ccccc2)c1. The summed E-state index contributed by atoms with van der Waals surface area (Å²) in [7, 11) is 0. The molecule has 1 nitrogen and oxygen atoms in total. The maximum atomic E-state index is 2.45. The van der Waals surface area contributed by atoms with Gasteiger partial charge in [0, 0.05) is 17.1 Å². The van der Waals surface area contributed by atoms with Crippen molar-refractivity contribution in [3.63, 3.8) is 0 Å². The van der Waals surface area contributed by atoms with Gasteiger partial charge in [-0.25, -0.2) is 0 Å². The number of hydrogen-bond acceptors (Lipinski definition) is 1. The summed E-state index contributed by atoms with van der Waals surface area (Å²) in [5.74, 6) is 0. The molecule has 1 aliphatic rings. The Morgan fingerprint density at radius 2 is 0.774 bits per heavy atom. The third-order valence-electron chi connectivity index (χ3n) is 11.0. The molecule has 53 heavy (non-hydrogen) atoms. The lowest BCUT2D eigenvalue weighted by Gasteiger charge is -2.33. The maximum absolute atomic E-state index is 2.45. The van der Waals surface area contributed by atoms with Crippen LogP contribution >= 0.6 is 0 Å². The van der Waals surface area contributed by atoms with Crippen molar-refractivity contribution in [1.29, 1.82) is 0 Å². The molecule has 0 heterocycles. The van der Waals surface area contributed by atoms with Crippen molar-refractivity contribution < 1.29 is 0 Å². The van der Waals surface area contributed by atoms with Gasteiger partial charge in [0.25, 0.3) is 0 Å². The molecule has 0 atom stereocenters. The highest BCUT2D eigenvalue weighted by Crippen LogP contribution is 2.60. The van der Waals surface area contributed by atoms with Crippen LogP contribution in [0.25, 0.3) is 66.1 Å². The van der Waals surface area contributed by atoms with Gasteiger partial charge in [-0.3, -0.25) is 0 Å². The second kappa shape index (κ2) is 12.3. The fourth-order valence-electron chi connectivity index (χ4n) is 8.23. The first-order valence-corrected chi connectivity index (χ1v) is 18.9. The van der Waals surface area contributed by atoms with E-state index in [0.717, 1.165) is 5.69 Å². The standard InChI is InChI=1S/C52H45N/c1-51(2,3)38-21-15-23-40(32-38)53(41-24-16-22-39(33-41)52(4,5)6)42-28-27-36-30-45-46(31-37(36)29-42)50-48(35-19-11-8-12-20-35)44-26-14-13-25-43(44)47(49(45)50)34-17-9-7-10-18-34/h7-33H,1-6H3. The summed E-state index contributed by atoms with van der Waals surface area (Å²) in [6.07, 6.45) is 0. The van der Waals surface area contributed by atoms with Gasteiger partial charge in [-0.15, -0.1) is 0 Å². The van der Waals surface area contributed by atoms with E-state index in [1.165, 1.54) is 88.6 Å². The molecular formula is C52H45N. The van der Waals surface area contributed by atoms with Crippen molar-refractivity contribution in [3.8, 4) is 44.5 Å². The second-order valence-electron chi connectivity index (χ2n) is 16.6. The third kappa shape index (κ3) is 5.63. The molecule has 9 rings (SSSR count). The molecule has 0 aromatic heterocycles. The van der Waals surface area contributed by atoms with Gasteiger partial charge < -0.3 is 4.90 Å². The number of hydrogen-bond donors (Lipinski definition) is 0. The number of nitrogens with zero attached hydrogens (tertiary/aromatic N) is 1. The normalized spacial score (nSPS) is 12.3. The summed E-state index contributed by atoms with van der Waals surface area (Å²) in [6, 6.07) is 60.9. The monoisotopic (exact) mass is 683 g/mol. The molecule has 0 bridgehead atoms. The van der Waals surface area contributed by atoms with E-state index < -0.39 is 0 Å². The van der Waals surface area contributed by atoms with Crippen LogP contribution in [0.2, 0.25) is 0 Å². The van der Waals surface area contributed by atoms with Crippen LogP contribution in [0.15, 0.2) is 164 Å². The lowest BCUT2D eigenvalue weighted by Crippen LogP contribution is -2.16. The van der Waals surface area contributed by atoms with Gasteiger partial charge in [0.05, 0.1) is 0 Å². The second-order valence-corrected chi connectivity index (χ2v) is 16.6. The molecule has 1 heteroatoms. The van der Waals surface area contributed by atoms with Crippen molar-refractivity contribution in [2.75, 3.05) is 4.90 Å². The molecular weight excluding hydrogens is 639 g/mol. The molecule has 0 unspecified atom stereocenters. The van der Waals surface area contributed by atoms with E-state index in [4.69, 9.17) is 0 Å². The topological polar surface area (TPSA) is 3.24 Å². The first-order chi connectivity index (χ1) is 25.6. The zero-order valence-corrected chi connectivity index (χ0v) is 31.5. The third-order valence-corrected chi connectivity index (χ3v) is 11.0. The molecule has 8 aromatic carbocycles. The lowest BCUT2D eigenvalue weighted by atomic mass is 9.70. The fraction of sp³-hybridized carbons (Fsp3) is 0.154. The van der Waals surface area contributed by atoms with E-state index in [0.29, 0.717) is 0 Å². The summed E-state index contributed by atoms with van der Waals surface area (Å²) in [5.41, 5.74) is 16.7. The Morgan fingerprint density at radius 1 is 0.340 bits per heavy atom. The highest BCUT2D eigenvalue weighted by atomic mass is 15.1. The Labute approximate surface area is 314 Å². The Bertz CT molecular complexity index is 2610. The number of rotatable bonds is 5. The molecule has 0 N–H and O–H groups in total. The Balaban J connectivity index is 1.28. The van der Waals surface area contributed by atoms with Crippen LogP contribution < -0.4 is 4.90 Å². The zero-order valence-electron chi connectivity index (χ0n) is 31.5. The van der Waals surface area contributed by atoms with Crippen LogP contribution in [0, 0.1) is 0 Å². The van der Waals surface area contributed by atoms with Gasteiger partial charge >= 0.3 is 0 Å².